The Kier molecular flexibility index (Phi) is 3.74. The minimum absolute atomic E-state index is 0.0413. The SMILES string of the molecule is Cc1cc(F)c(C(O)C2CCCNC2)cc1F. The molecule has 0 bridgehead atoms. The molecule has 2 unspecified atom stereocenters. The van der Waals surface area contributed by atoms with Crippen molar-refractivity contribution in [2.24, 2.45) is 5.92 Å². The number of aryl methyl sites for hydroxylation is 1. The Morgan fingerprint density at radius 1 is 1.35 bits per heavy atom. The summed E-state index contributed by atoms with van der Waals surface area (Å²) in [4.78, 5) is 0. The predicted molar refractivity (Wildman–Crippen MR) is 61.6 cm³/mol. The quantitative estimate of drug-likeness (QED) is 0.832. The van der Waals surface area contributed by atoms with Gasteiger partial charge in [0.2, 0.25) is 0 Å². The molecule has 1 aromatic rings. The lowest BCUT2D eigenvalue weighted by Crippen LogP contribution is -2.33. The Balaban J connectivity index is 2.23. The zero-order chi connectivity index (χ0) is 12.4. The highest BCUT2D eigenvalue weighted by molar-refractivity contribution is 5.27. The number of nitrogens with one attached hydrogen (secondary N) is 1. The van der Waals surface area contributed by atoms with Crippen molar-refractivity contribution in [1.82, 2.24) is 5.32 Å². The van der Waals surface area contributed by atoms with Crippen LogP contribution in [0.15, 0.2) is 12.1 Å². The van der Waals surface area contributed by atoms with Gasteiger partial charge in [0.1, 0.15) is 11.6 Å². The van der Waals surface area contributed by atoms with E-state index in [9.17, 15) is 13.9 Å². The molecule has 17 heavy (non-hydrogen) atoms. The molecular formula is C13H17F2NO. The second-order valence-corrected chi connectivity index (χ2v) is 4.67. The summed E-state index contributed by atoms with van der Waals surface area (Å²) in [6.45, 7) is 3.08. The van der Waals surface area contributed by atoms with Gasteiger partial charge in [0, 0.05) is 18.0 Å². The molecule has 1 aliphatic heterocycles. The van der Waals surface area contributed by atoms with Gasteiger partial charge >= 0.3 is 0 Å². The molecule has 94 valence electrons. The van der Waals surface area contributed by atoms with Crippen LogP contribution in [-0.4, -0.2) is 18.2 Å². The van der Waals surface area contributed by atoms with E-state index in [0.717, 1.165) is 31.5 Å². The molecule has 2 N–H and O–H groups in total. The van der Waals surface area contributed by atoms with Crippen molar-refractivity contribution in [1.29, 1.82) is 0 Å². The number of piperidine rings is 1. The van der Waals surface area contributed by atoms with E-state index in [1.54, 1.807) is 0 Å². The molecule has 2 atom stereocenters. The molecule has 1 heterocycles. The lowest BCUT2D eigenvalue weighted by Gasteiger charge is -2.27. The summed E-state index contributed by atoms with van der Waals surface area (Å²) >= 11 is 0. The highest BCUT2D eigenvalue weighted by Gasteiger charge is 2.25. The number of rotatable bonds is 2. The van der Waals surface area contributed by atoms with Crippen LogP contribution in [0.2, 0.25) is 0 Å². The number of aliphatic hydroxyl groups is 1. The van der Waals surface area contributed by atoms with Crippen molar-refractivity contribution in [3.05, 3.63) is 34.9 Å². The molecule has 1 fully saturated rings. The van der Waals surface area contributed by atoms with Crippen molar-refractivity contribution in [2.75, 3.05) is 13.1 Å². The fourth-order valence-electron chi connectivity index (χ4n) is 2.29. The maximum absolute atomic E-state index is 13.7. The molecule has 1 saturated heterocycles. The molecule has 0 saturated carbocycles. The lowest BCUT2D eigenvalue weighted by molar-refractivity contribution is 0.0885. The maximum Gasteiger partial charge on any atom is 0.129 e. The van der Waals surface area contributed by atoms with Gasteiger partial charge < -0.3 is 10.4 Å². The van der Waals surface area contributed by atoms with Crippen LogP contribution in [0.5, 0.6) is 0 Å². The van der Waals surface area contributed by atoms with Crippen LogP contribution in [-0.2, 0) is 0 Å². The van der Waals surface area contributed by atoms with Crippen molar-refractivity contribution in [3.8, 4) is 0 Å². The van der Waals surface area contributed by atoms with Gasteiger partial charge in [-0.15, -0.1) is 0 Å². The first-order valence-electron chi connectivity index (χ1n) is 5.94. The molecule has 0 aromatic heterocycles. The van der Waals surface area contributed by atoms with Gasteiger partial charge in [-0.3, -0.25) is 0 Å². The van der Waals surface area contributed by atoms with Gasteiger partial charge in [0.25, 0.3) is 0 Å². The largest absolute Gasteiger partial charge is 0.388 e. The average Bonchev–Trinajstić information content (AvgIpc) is 2.34. The lowest BCUT2D eigenvalue weighted by atomic mass is 9.89. The van der Waals surface area contributed by atoms with Gasteiger partial charge in [-0.1, -0.05) is 0 Å². The third-order valence-corrected chi connectivity index (χ3v) is 3.38. The third kappa shape index (κ3) is 2.64. The number of benzene rings is 1. The van der Waals surface area contributed by atoms with Crippen molar-refractivity contribution >= 4 is 0 Å². The van der Waals surface area contributed by atoms with Crippen molar-refractivity contribution in [3.63, 3.8) is 0 Å². The topological polar surface area (TPSA) is 32.3 Å². The van der Waals surface area contributed by atoms with E-state index in [0.29, 0.717) is 6.54 Å². The number of hydrogen-bond acceptors (Lipinski definition) is 2. The Morgan fingerprint density at radius 3 is 2.76 bits per heavy atom. The number of halogens is 2. The Bertz CT molecular complexity index is 403. The van der Waals surface area contributed by atoms with Crippen LogP contribution in [0, 0.1) is 24.5 Å². The molecule has 0 spiro atoms. The highest BCUT2D eigenvalue weighted by atomic mass is 19.1. The monoisotopic (exact) mass is 241 g/mol. The smallest absolute Gasteiger partial charge is 0.129 e. The maximum atomic E-state index is 13.7. The number of hydrogen-bond donors (Lipinski definition) is 2. The molecule has 1 aliphatic rings. The second-order valence-electron chi connectivity index (χ2n) is 4.67. The summed E-state index contributed by atoms with van der Waals surface area (Å²) in [6, 6.07) is 2.26. The molecular weight excluding hydrogens is 224 g/mol. The fourth-order valence-corrected chi connectivity index (χ4v) is 2.29. The molecule has 0 radical (unpaired) electrons. The molecule has 4 heteroatoms. The van der Waals surface area contributed by atoms with E-state index >= 15 is 0 Å². The summed E-state index contributed by atoms with van der Waals surface area (Å²) in [7, 11) is 0. The van der Waals surface area contributed by atoms with Crippen molar-refractivity contribution in [2.45, 2.75) is 25.9 Å². The summed E-state index contributed by atoms with van der Waals surface area (Å²) in [5.74, 6) is -1.04. The van der Waals surface area contributed by atoms with E-state index < -0.39 is 17.7 Å². The van der Waals surface area contributed by atoms with E-state index in [1.165, 1.54) is 6.92 Å². The van der Waals surface area contributed by atoms with Crippen LogP contribution < -0.4 is 5.32 Å². The van der Waals surface area contributed by atoms with Gasteiger partial charge in [0.15, 0.2) is 0 Å². The molecule has 2 rings (SSSR count). The Labute approximate surface area is 99.7 Å². The first-order chi connectivity index (χ1) is 8.09. The van der Waals surface area contributed by atoms with E-state index in [4.69, 9.17) is 0 Å². The summed E-state index contributed by atoms with van der Waals surface area (Å²) in [5.41, 5.74) is 0.335. The van der Waals surface area contributed by atoms with Crippen LogP contribution in [0.4, 0.5) is 8.78 Å². The highest BCUT2D eigenvalue weighted by Crippen LogP contribution is 2.30. The van der Waals surface area contributed by atoms with Gasteiger partial charge in [0.05, 0.1) is 6.10 Å². The van der Waals surface area contributed by atoms with Gasteiger partial charge in [-0.2, -0.15) is 0 Å². The first kappa shape index (κ1) is 12.5. The van der Waals surface area contributed by atoms with Gasteiger partial charge in [-0.25, -0.2) is 8.78 Å². The van der Waals surface area contributed by atoms with Crippen molar-refractivity contribution < 1.29 is 13.9 Å². The molecule has 2 nitrogen and oxygen atoms in total. The minimum Gasteiger partial charge on any atom is -0.388 e. The van der Waals surface area contributed by atoms with Crippen LogP contribution in [0.25, 0.3) is 0 Å². The van der Waals surface area contributed by atoms with Crippen LogP contribution >= 0.6 is 0 Å². The third-order valence-electron chi connectivity index (χ3n) is 3.38. The van der Waals surface area contributed by atoms with E-state index in [-0.39, 0.29) is 17.0 Å². The molecule has 1 aromatic carbocycles. The number of aliphatic hydroxyl groups excluding tert-OH is 1. The normalized spacial score (nSPS) is 22.5. The predicted octanol–water partition coefficient (Wildman–Crippen LogP) is 2.31. The van der Waals surface area contributed by atoms with Crippen LogP contribution in [0.1, 0.15) is 30.1 Å². The summed E-state index contributed by atoms with van der Waals surface area (Å²) in [5, 5.41) is 13.2. The molecule has 0 amide bonds. The Morgan fingerprint density at radius 2 is 2.12 bits per heavy atom. The summed E-state index contributed by atoms with van der Waals surface area (Å²) in [6.07, 6.45) is 0.860. The zero-order valence-electron chi connectivity index (χ0n) is 9.84. The van der Waals surface area contributed by atoms with E-state index in [1.807, 2.05) is 0 Å². The summed E-state index contributed by atoms with van der Waals surface area (Å²) < 4.78 is 27.1. The second kappa shape index (κ2) is 5.10. The van der Waals surface area contributed by atoms with Gasteiger partial charge in [-0.05, 0) is 44.0 Å². The minimum atomic E-state index is -0.933. The standard InChI is InChI=1S/C13H17F2NO/c1-8-5-12(15)10(6-11(8)14)13(17)9-3-2-4-16-7-9/h5-6,9,13,16-17H,2-4,7H2,1H3. The van der Waals surface area contributed by atoms with Crippen LogP contribution in [0.3, 0.4) is 0 Å². The Hall–Kier alpha value is -1.00. The average molecular weight is 241 g/mol. The fraction of sp³-hybridized carbons (Fsp3) is 0.538. The van der Waals surface area contributed by atoms with E-state index in [2.05, 4.69) is 5.32 Å². The first-order valence-corrected chi connectivity index (χ1v) is 5.94. The zero-order valence-corrected chi connectivity index (χ0v) is 9.84. The molecule has 0 aliphatic carbocycles.